The Bertz CT molecular complexity index is 194. The van der Waals surface area contributed by atoms with Crippen molar-refractivity contribution in [2.45, 2.75) is 45.7 Å². The summed E-state index contributed by atoms with van der Waals surface area (Å²) in [5.74, 6) is 0.595. The average molecular weight is 227 g/mol. The van der Waals surface area contributed by atoms with Gasteiger partial charge in [0, 0.05) is 25.2 Å². The monoisotopic (exact) mass is 227 g/mol. The SMILES string of the molecule is CCC1CN(C)CCCN1CC(C)C(C)N. The van der Waals surface area contributed by atoms with Crippen LogP contribution in [0, 0.1) is 5.92 Å². The summed E-state index contributed by atoms with van der Waals surface area (Å²) in [5, 5.41) is 0. The van der Waals surface area contributed by atoms with Crippen molar-refractivity contribution in [2.75, 3.05) is 33.2 Å². The van der Waals surface area contributed by atoms with Gasteiger partial charge < -0.3 is 10.6 Å². The van der Waals surface area contributed by atoms with Gasteiger partial charge in [0.2, 0.25) is 0 Å². The van der Waals surface area contributed by atoms with Crippen molar-refractivity contribution < 1.29 is 0 Å². The second-order valence-electron chi connectivity index (χ2n) is 5.51. The van der Waals surface area contributed by atoms with Gasteiger partial charge in [-0.15, -0.1) is 0 Å². The minimum Gasteiger partial charge on any atom is -0.328 e. The first-order valence-corrected chi connectivity index (χ1v) is 6.72. The smallest absolute Gasteiger partial charge is 0.0220 e. The largest absolute Gasteiger partial charge is 0.328 e. The fourth-order valence-electron chi connectivity index (χ4n) is 2.46. The Morgan fingerprint density at radius 1 is 1.31 bits per heavy atom. The van der Waals surface area contributed by atoms with Crippen LogP contribution in [0.15, 0.2) is 0 Å². The molecule has 1 fully saturated rings. The van der Waals surface area contributed by atoms with E-state index >= 15 is 0 Å². The summed E-state index contributed by atoms with van der Waals surface area (Å²) >= 11 is 0. The van der Waals surface area contributed by atoms with Gasteiger partial charge in [-0.25, -0.2) is 0 Å². The zero-order chi connectivity index (χ0) is 12.1. The predicted octanol–water partition coefficient (Wildman–Crippen LogP) is 1.39. The lowest BCUT2D eigenvalue weighted by Crippen LogP contribution is -2.44. The van der Waals surface area contributed by atoms with Crippen molar-refractivity contribution in [3.63, 3.8) is 0 Å². The molecule has 1 heterocycles. The lowest BCUT2D eigenvalue weighted by molar-refractivity contribution is 0.155. The first-order chi connectivity index (χ1) is 7.54. The van der Waals surface area contributed by atoms with Gasteiger partial charge in [-0.1, -0.05) is 13.8 Å². The van der Waals surface area contributed by atoms with E-state index in [9.17, 15) is 0 Å². The van der Waals surface area contributed by atoms with Crippen molar-refractivity contribution >= 4 is 0 Å². The standard InChI is InChI=1S/C13H29N3/c1-5-13-10-15(4)7-6-8-16(13)9-11(2)12(3)14/h11-13H,5-10,14H2,1-4H3. The van der Waals surface area contributed by atoms with Crippen molar-refractivity contribution in [1.29, 1.82) is 0 Å². The molecular weight excluding hydrogens is 198 g/mol. The van der Waals surface area contributed by atoms with E-state index in [4.69, 9.17) is 5.73 Å². The highest BCUT2D eigenvalue weighted by Crippen LogP contribution is 2.15. The fourth-order valence-corrected chi connectivity index (χ4v) is 2.46. The highest BCUT2D eigenvalue weighted by molar-refractivity contribution is 4.80. The van der Waals surface area contributed by atoms with Crippen LogP contribution in [-0.2, 0) is 0 Å². The van der Waals surface area contributed by atoms with Crippen molar-refractivity contribution in [3.8, 4) is 0 Å². The van der Waals surface area contributed by atoms with E-state index in [1.807, 2.05) is 0 Å². The summed E-state index contributed by atoms with van der Waals surface area (Å²) in [6.07, 6.45) is 2.54. The highest BCUT2D eigenvalue weighted by atomic mass is 15.2. The maximum Gasteiger partial charge on any atom is 0.0220 e. The molecule has 2 N–H and O–H groups in total. The molecule has 0 aromatic rings. The summed E-state index contributed by atoms with van der Waals surface area (Å²) in [7, 11) is 2.24. The molecule has 0 aromatic heterocycles. The van der Waals surface area contributed by atoms with Gasteiger partial charge in [-0.05, 0) is 45.8 Å². The number of hydrogen-bond acceptors (Lipinski definition) is 3. The van der Waals surface area contributed by atoms with Crippen LogP contribution < -0.4 is 5.73 Å². The number of nitrogens with two attached hydrogens (primary N) is 1. The molecule has 96 valence electrons. The molecule has 3 heteroatoms. The van der Waals surface area contributed by atoms with Crippen LogP contribution in [0.1, 0.15) is 33.6 Å². The van der Waals surface area contributed by atoms with Crippen LogP contribution in [0.3, 0.4) is 0 Å². The molecule has 0 spiro atoms. The number of likely N-dealkylation sites (N-methyl/N-ethyl adjacent to an activating group) is 1. The fraction of sp³-hybridized carbons (Fsp3) is 1.00. The molecule has 3 nitrogen and oxygen atoms in total. The third kappa shape index (κ3) is 4.04. The van der Waals surface area contributed by atoms with Gasteiger partial charge in [0.1, 0.15) is 0 Å². The third-order valence-electron chi connectivity index (χ3n) is 3.92. The van der Waals surface area contributed by atoms with Gasteiger partial charge in [0.15, 0.2) is 0 Å². The first kappa shape index (κ1) is 13.9. The minimum absolute atomic E-state index is 0.304. The summed E-state index contributed by atoms with van der Waals surface area (Å²) in [4.78, 5) is 5.11. The Balaban J connectivity index is 2.54. The summed E-state index contributed by atoms with van der Waals surface area (Å²) in [6, 6.07) is 1.02. The Hall–Kier alpha value is -0.120. The normalized spacial score (nSPS) is 28.7. The van der Waals surface area contributed by atoms with Crippen molar-refractivity contribution in [3.05, 3.63) is 0 Å². The molecule has 3 unspecified atom stereocenters. The average Bonchev–Trinajstić information content (AvgIpc) is 2.40. The molecule has 3 atom stereocenters. The maximum atomic E-state index is 5.97. The van der Waals surface area contributed by atoms with Gasteiger partial charge in [0.05, 0.1) is 0 Å². The molecule has 16 heavy (non-hydrogen) atoms. The van der Waals surface area contributed by atoms with Crippen LogP contribution in [0.4, 0.5) is 0 Å². The van der Waals surface area contributed by atoms with Crippen LogP contribution in [0.5, 0.6) is 0 Å². The van der Waals surface area contributed by atoms with Crippen LogP contribution in [0.2, 0.25) is 0 Å². The first-order valence-electron chi connectivity index (χ1n) is 6.72. The maximum absolute atomic E-state index is 5.97. The Morgan fingerprint density at radius 3 is 2.56 bits per heavy atom. The molecule has 0 aliphatic carbocycles. The second-order valence-corrected chi connectivity index (χ2v) is 5.51. The van der Waals surface area contributed by atoms with E-state index in [2.05, 4.69) is 37.6 Å². The molecule has 0 bridgehead atoms. The summed E-state index contributed by atoms with van der Waals surface area (Å²) < 4.78 is 0. The Morgan fingerprint density at radius 2 is 2.00 bits per heavy atom. The lowest BCUT2D eigenvalue weighted by Gasteiger charge is -2.33. The number of hydrogen-bond donors (Lipinski definition) is 1. The molecule has 1 saturated heterocycles. The van der Waals surface area contributed by atoms with E-state index in [0.29, 0.717) is 18.0 Å². The van der Waals surface area contributed by atoms with E-state index in [0.717, 1.165) is 6.54 Å². The van der Waals surface area contributed by atoms with Crippen LogP contribution in [-0.4, -0.2) is 55.1 Å². The number of nitrogens with zero attached hydrogens (tertiary/aromatic N) is 2. The molecule has 1 aliphatic heterocycles. The minimum atomic E-state index is 0.304. The zero-order valence-corrected chi connectivity index (χ0v) is 11.4. The van der Waals surface area contributed by atoms with Gasteiger partial charge in [0.25, 0.3) is 0 Å². The quantitative estimate of drug-likeness (QED) is 0.788. The van der Waals surface area contributed by atoms with Crippen molar-refractivity contribution in [1.82, 2.24) is 9.80 Å². The highest BCUT2D eigenvalue weighted by Gasteiger charge is 2.23. The molecule has 1 rings (SSSR count). The summed E-state index contributed by atoms with van der Waals surface area (Å²) in [6.45, 7) is 11.5. The van der Waals surface area contributed by atoms with E-state index in [1.54, 1.807) is 0 Å². The number of rotatable bonds is 4. The second kappa shape index (κ2) is 6.58. The molecule has 0 saturated carbocycles. The molecule has 0 radical (unpaired) electrons. The van der Waals surface area contributed by atoms with E-state index < -0.39 is 0 Å². The van der Waals surface area contributed by atoms with Crippen LogP contribution >= 0.6 is 0 Å². The lowest BCUT2D eigenvalue weighted by atomic mass is 10.0. The topological polar surface area (TPSA) is 32.5 Å². The van der Waals surface area contributed by atoms with Gasteiger partial charge in [-0.3, -0.25) is 4.90 Å². The molecular formula is C13H29N3. The summed E-state index contributed by atoms with van der Waals surface area (Å²) in [5.41, 5.74) is 5.97. The Labute approximate surface area is 101 Å². The molecule has 0 aromatic carbocycles. The zero-order valence-electron chi connectivity index (χ0n) is 11.4. The van der Waals surface area contributed by atoms with E-state index in [1.165, 1.54) is 32.5 Å². The molecule has 0 amide bonds. The van der Waals surface area contributed by atoms with Crippen molar-refractivity contribution in [2.24, 2.45) is 11.7 Å². The third-order valence-corrected chi connectivity index (χ3v) is 3.92. The van der Waals surface area contributed by atoms with Gasteiger partial charge in [-0.2, -0.15) is 0 Å². The predicted molar refractivity (Wildman–Crippen MR) is 70.6 cm³/mol. The van der Waals surface area contributed by atoms with Crippen LogP contribution in [0.25, 0.3) is 0 Å². The molecule has 1 aliphatic rings. The Kier molecular flexibility index (Phi) is 5.73. The van der Waals surface area contributed by atoms with Gasteiger partial charge >= 0.3 is 0 Å². The van der Waals surface area contributed by atoms with E-state index in [-0.39, 0.29) is 0 Å².